The summed E-state index contributed by atoms with van der Waals surface area (Å²) in [5.41, 5.74) is 1.57. The molecule has 0 amide bonds. The van der Waals surface area contributed by atoms with Crippen LogP contribution >= 0.6 is 23.2 Å². The van der Waals surface area contributed by atoms with Crippen molar-refractivity contribution in [3.05, 3.63) is 63.6 Å². The maximum absolute atomic E-state index is 12.4. The van der Waals surface area contributed by atoms with E-state index >= 15 is 0 Å². The lowest BCUT2D eigenvalue weighted by Crippen LogP contribution is -2.26. The number of Topliss-reactive ketones (excluding diaryl/α,β-unsaturated/α-hetero) is 2. The van der Waals surface area contributed by atoms with Crippen LogP contribution in [-0.2, 0) is 0 Å². The summed E-state index contributed by atoms with van der Waals surface area (Å²) in [5.74, 6) is -0.333. The van der Waals surface area contributed by atoms with Gasteiger partial charge in [0.2, 0.25) is 5.78 Å². The summed E-state index contributed by atoms with van der Waals surface area (Å²) in [4.78, 5) is 28.7. The van der Waals surface area contributed by atoms with E-state index in [4.69, 9.17) is 23.2 Å². The van der Waals surface area contributed by atoms with Gasteiger partial charge in [-0.3, -0.25) is 9.59 Å². The lowest BCUT2D eigenvalue weighted by Gasteiger charge is -2.15. The number of hydrogen-bond acceptors (Lipinski definition) is 3. The summed E-state index contributed by atoms with van der Waals surface area (Å²) in [6, 6.07) is 11.6. The first-order valence-electron chi connectivity index (χ1n) is 6.26. The Balaban J connectivity index is 2.04. The monoisotopic (exact) mass is 317 g/mol. The molecule has 2 aromatic carbocycles. The molecule has 0 saturated carbocycles. The van der Waals surface area contributed by atoms with E-state index in [1.165, 1.54) is 0 Å². The van der Waals surface area contributed by atoms with E-state index in [9.17, 15) is 9.59 Å². The molecule has 0 bridgehead atoms. The first-order valence-corrected chi connectivity index (χ1v) is 7.01. The van der Waals surface area contributed by atoms with Crippen molar-refractivity contribution in [2.24, 2.45) is 4.99 Å². The van der Waals surface area contributed by atoms with E-state index in [0.29, 0.717) is 26.9 Å². The third-order valence-corrected chi connectivity index (χ3v) is 3.97. The van der Waals surface area contributed by atoms with E-state index in [-0.39, 0.29) is 23.7 Å². The predicted octanol–water partition coefficient (Wildman–Crippen LogP) is 4.54. The Morgan fingerprint density at radius 2 is 1.62 bits per heavy atom. The van der Waals surface area contributed by atoms with Crippen LogP contribution in [0.4, 0.5) is 5.69 Å². The lowest BCUT2D eigenvalue weighted by molar-refractivity contribution is 0.0965. The van der Waals surface area contributed by atoms with Crippen LogP contribution in [0.15, 0.2) is 47.5 Å². The van der Waals surface area contributed by atoms with Crippen LogP contribution in [0, 0.1) is 0 Å². The molecule has 2 aromatic rings. The molecule has 0 atom stereocenters. The van der Waals surface area contributed by atoms with Crippen LogP contribution in [0.2, 0.25) is 10.0 Å². The van der Waals surface area contributed by atoms with Crippen molar-refractivity contribution in [2.75, 3.05) is 0 Å². The van der Waals surface area contributed by atoms with E-state index < -0.39 is 0 Å². The van der Waals surface area contributed by atoms with Crippen molar-refractivity contribution in [2.45, 2.75) is 6.42 Å². The quantitative estimate of drug-likeness (QED) is 0.775. The highest BCUT2D eigenvalue weighted by Crippen LogP contribution is 2.28. The van der Waals surface area contributed by atoms with Crippen LogP contribution in [0.25, 0.3) is 0 Å². The molecular formula is C16H9Cl2NO2. The molecule has 0 radical (unpaired) electrons. The third kappa shape index (κ3) is 2.62. The normalized spacial score (nSPS) is 16.2. The average Bonchev–Trinajstić information content (AvgIpc) is 2.48. The fraction of sp³-hybridized carbons (Fsp3) is 0.0625. The van der Waals surface area contributed by atoms with Crippen molar-refractivity contribution in [3.8, 4) is 0 Å². The highest BCUT2D eigenvalue weighted by Gasteiger charge is 2.28. The SMILES string of the molecule is O=C1CC(=Nc2ccc(Cl)c(Cl)c2)C(=O)c2ccccc21. The summed E-state index contributed by atoms with van der Waals surface area (Å²) in [6.07, 6.45) is -0.00388. The number of aliphatic imine (C=N–C) groups is 1. The van der Waals surface area contributed by atoms with Gasteiger partial charge < -0.3 is 0 Å². The van der Waals surface area contributed by atoms with Crippen LogP contribution in [0.5, 0.6) is 0 Å². The molecule has 21 heavy (non-hydrogen) atoms. The van der Waals surface area contributed by atoms with Crippen molar-refractivity contribution in [1.29, 1.82) is 0 Å². The van der Waals surface area contributed by atoms with E-state index in [1.54, 1.807) is 42.5 Å². The largest absolute Gasteiger partial charge is 0.294 e. The number of rotatable bonds is 1. The highest BCUT2D eigenvalue weighted by atomic mass is 35.5. The third-order valence-electron chi connectivity index (χ3n) is 3.23. The number of halogens is 2. The van der Waals surface area contributed by atoms with Gasteiger partial charge in [0.25, 0.3) is 0 Å². The topological polar surface area (TPSA) is 46.5 Å². The fourth-order valence-electron chi connectivity index (χ4n) is 2.21. The summed E-state index contributed by atoms with van der Waals surface area (Å²) >= 11 is 11.8. The summed E-state index contributed by atoms with van der Waals surface area (Å²) in [6.45, 7) is 0. The molecule has 104 valence electrons. The molecule has 0 heterocycles. The number of hydrogen-bond donors (Lipinski definition) is 0. The fourth-order valence-corrected chi connectivity index (χ4v) is 2.50. The Hall–Kier alpha value is -1.97. The molecule has 0 N–H and O–H groups in total. The maximum atomic E-state index is 12.4. The Morgan fingerprint density at radius 1 is 0.905 bits per heavy atom. The lowest BCUT2D eigenvalue weighted by atomic mass is 9.88. The van der Waals surface area contributed by atoms with Gasteiger partial charge in [-0.25, -0.2) is 4.99 Å². The van der Waals surface area contributed by atoms with E-state index in [0.717, 1.165) is 0 Å². The van der Waals surface area contributed by atoms with Crippen LogP contribution < -0.4 is 0 Å². The van der Waals surface area contributed by atoms with Crippen molar-refractivity contribution < 1.29 is 9.59 Å². The molecule has 0 aliphatic heterocycles. The molecule has 0 spiro atoms. The first kappa shape index (κ1) is 14.0. The number of benzene rings is 2. The Bertz CT molecular complexity index is 797. The molecule has 3 nitrogen and oxygen atoms in total. The molecule has 0 aromatic heterocycles. The zero-order valence-corrected chi connectivity index (χ0v) is 12.3. The van der Waals surface area contributed by atoms with Gasteiger partial charge in [-0.05, 0) is 18.2 Å². The molecule has 0 unspecified atom stereocenters. The molecular weight excluding hydrogens is 309 g/mol. The maximum Gasteiger partial charge on any atom is 0.208 e. The first-order chi connectivity index (χ1) is 10.1. The minimum Gasteiger partial charge on any atom is -0.294 e. The number of nitrogens with zero attached hydrogens (tertiary/aromatic N) is 1. The van der Waals surface area contributed by atoms with Gasteiger partial charge in [0.15, 0.2) is 5.78 Å². The number of carbonyl (C=O) groups is 2. The van der Waals surface area contributed by atoms with Crippen LogP contribution in [0.3, 0.4) is 0 Å². The molecule has 1 aliphatic rings. The van der Waals surface area contributed by atoms with Gasteiger partial charge in [-0.15, -0.1) is 0 Å². The zero-order valence-electron chi connectivity index (χ0n) is 10.8. The Kier molecular flexibility index (Phi) is 3.62. The minimum absolute atomic E-state index is 0.00388. The van der Waals surface area contributed by atoms with Crippen molar-refractivity contribution >= 4 is 46.2 Å². The predicted molar refractivity (Wildman–Crippen MR) is 83.3 cm³/mol. The molecule has 1 aliphatic carbocycles. The standard InChI is InChI=1S/C16H9Cl2NO2/c17-12-6-5-9(7-13(12)18)19-14-8-15(20)10-3-1-2-4-11(10)16(14)21/h1-7H,8H2. The van der Waals surface area contributed by atoms with Crippen molar-refractivity contribution in [3.63, 3.8) is 0 Å². The zero-order chi connectivity index (χ0) is 15.0. The smallest absolute Gasteiger partial charge is 0.208 e. The summed E-state index contributed by atoms with van der Waals surface area (Å²) in [5, 5.41) is 0.769. The van der Waals surface area contributed by atoms with Gasteiger partial charge in [-0.1, -0.05) is 47.5 Å². The highest BCUT2D eigenvalue weighted by molar-refractivity contribution is 6.53. The second-order valence-corrected chi connectivity index (χ2v) is 5.45. The van der Waals surface area contributed by atoms with Crippen LogP contribution in [-0.4, -0.2) is 17.3 Å². The second-order valence-electron chi connectivity index (χ2n) is 4.63. The van der Waals surface area contributed by atoms with E-state index in [1.807, 2.05) is 0 Å². The molecule has 5 heteroatoms. The number of ketones is 2. The number of carbonyl (C=O) groups excluding carboxylic acids is 2. The Morgan fingerprint density at radius 3 is 2.33 bits per heavy atom. The minimum atomic E-state index is -0.226. The summed E-state index contributed by atoms with van der Waals surface area (Å²) < 4.78 is 0. The molecule has 3 rings (SSSR count). The Labute approximate surface area is 131 Å². The van der Waals surface area contributed by atoms with Gasteiger partial charge in [-0.2, -0.15) is 0 Å². The number of fused-ring (bicyclic) bond motifs is 1. The van der Waals surface area contributed by atoms with E-state index in [2.05, 4.69) is 4.99 Å². The van der Waals surface area contributed by atoms with Crippen molar-refractivity contribution in [1.82, 2.24) is 0 Å². The van der Waals surface area contributed by atoms with Crippen LogP contribution in [0.1, 0.15) is 27.1 Å². The van der Waals surface area contributed by atoms with Gasteiger partial charge in [0, 0.05) is 11.1 Å². The second kappa shape index (κ2) is 5.43. The average molecular weight is 318 g/mol. The van der Waals surface area contributed by atoms with Gasteiger partial charge in [0.05, 0.1) is 27.9 Å². The summed E-state index contributed by atoms with van der Waals surface area (Å²) in [7, 11) is 0. The van der Waals surface area contributed by atoms with Gasteiger partial charge >= 0.3 is 0 Å². The molecule has 0 saturated heterocycles. The molecule has 0 fully saturated rings. The van der Waals surface area contributed by atoms with Gasteiger partial charge in [0.1, 0.15) is 0 Å².